The van der Waals surface area contributed by atoms with Crippen molar-refractivity contribution in [3.8, 4) is 0 Å². The van der Waals surface area contributed by atoms with Gasteiger partial charge in [-0.15, -0.1) is 0 Å². The Kier molecular flexibility index (Phi) is 9.40. The van der Waals surface area contributed by atoms with E-state index in [0.29, 0.717) is 12.1 Å². The Morgan fingerprint density at radius 1 is 0.591 bits per heavy atom. The maximum atomic E-state index is 4.10. The Bertz CT molecular complexity index is 259. The highest BCUT2D eigenvalue weighted by molar-refractivity contribution is 7.57. The van der Waals surface area contributed by atoms with Gasteiger partial charge in [0.2, 0.25) is 0 Å². The maximum absolute atomic E-state index is 4.10. The van der Waals surface area contributed by atoms with Gasteiger partial charge in [0, 0.05) is 12.1 Å². The minimum absolute atomic E-state index is 0.0666. The zero-order valence-corrected chi connectivity index (χ0v) is 18.0. The highest BCUT2D eigenvalue weighted by Gasteiger charge is 2.31. The molecule has 0 radical (unpaired) electrons. The van der Waals surface area contributed by atoms with E-state index in [4.69, 9.17) is 0 Å². The van der Waals surface area contributed by atoms with Crippen molar-refractivity contribution in [2.45, 2.75) is 116 Å². The van der Waals surface area contributed by atoms with Crippen molar-refractivity contribution in [3.05, 3.63) is 0 Å². The van der Waals surface area contributed by atoms with Crippen LogP contribution in [-0.4, -0.2) is 34.7 Å². The minimum atomic E-state index is -0.0666. The molecular formula is C18H40N2P2. The van der Waals surface area contributed by atoms with Crippen LogP contribution in [0.25, 0.3) is 0 Å². The van der Waals surface area contributed by atoms with Crippen molar-refractivity contribution in [2.75, 3.05) is 0 Å². The summed E-state index contributed by atoms with van der Waals surface area (Å²) < 4.78 is 0. The van der Waals surface area contributed by atoms with Crippen molar-refractivity contribution < 1.29 is 0 Å². The molecule has 1 saturated carbocycles. The monoisotopic (exact) mass is 346 g/mol. The molecule has 0 aromatic carbocycles. The van der Waals surface area contributed by atoms with Gasteiger partial charge in [-0.2, -0.15) is 0 Å². The van der Waals surface area contributed by atoms with Gasteiger partial charge in [0.05, 0.1) is 0 Å². The molecule has 0 aromatic rings. The van der Waals surface area contributed by atoms with Gasteiger partial charge >= 0.3 is 0 Å². The third kappa shape index (κ3) is 6.35. The molecule has 2 N–H and O–H groups in total. The molecule has 1 aliphatic carbocycles. The molecule has 0 saturated heterocycles. The summed E-state index contributed by atoms with van der Waals surface area (Å²) in [5.74, 6) is 0. The van der Waals surface area contributed by atoms with Gasteiger partial charge in [-0.1, -0.05) is 68.2 Å². The first-order chi connectivity index (χ1) is 10.2. The van der Waals surface area contributed by atoms with Crippen LogP contribution in [-0.2, 0) is 0 Å². The quantitative estimate of drug-likeness (QED) is 0.534. The van der Waals surface area contributed by atoms with Crippen LogP contribution in [0.15, 0.2) is 0 Å². The van der Waals surface area contributed by atoms with Crippen molar-refractivity contribution in [2.24, 2.45) is 0 Å². The summed E-state index contributed by atoms with van der Waals surface area (Å²) in [6.07, 6.45) is 5.51. The SMILES string of the molecule is CC(C)P(NC1CCCCC1NP(C(C)C)C(C)C)C(C)C. The van der Waals surface area contributed by atoms with Gasteiger partial charge in [0.15, 0.2) is 0 Å². The number of nitrogens with one attached hydrogen (secondary N) is 2. The molecule has 4 heteroatoms. The fourth-order valence-electron chi connectivity index (χ4n) is 3.61. The largest absolute Gasteiger partial charge is 0.291 e. The van der Waals surface area contributed by atoms with E-state index < -0.39 is 0 Å². The zero-order chi connectivity index (χ0) is 16.9. The normalized spacial score (nSPS) is 23.7. The Labute approximate surface area is 142 Å². The molecular weight excluding hydrogens is 306 g/mol. The van der Waals surface area contributed by atoms with Crippen molar-refractivity contribution in [1.29, 1.82) is 0 Å². The minimum Gasteiger partial charge on any atom is -0.291 e. The van der Waals surface area contributed by atoms with E-state index in [2.05, 4.69) is 65.6 Å². The van der Waals surface area contributed by atoms with Gasteiger partial charge in [0.25, 0.3) is 0 Å². The Morgan fingerprint density at radius 3 is 1.09 bits per heavy atom. The number of hydrogen-bond donors (Lipinski definition) is 2. The summed E-state index contributed by atoms with van der Waals surface area (Å²) in [4.78, 5) is 0. The van der Waals surface area contributed by atoms with E-state index >= 15 is 0 Å². The molecule has 2 nitrogen and oxygen atoms in total. The molecule has 1 fully saturated rings. The summed E-state index contributed by atoms with van der Waals surface area (Å²) in [7, 11) is -0.133. The van der Waals surface area contributed by atoms with Crippen LogP contribution >= 0.6 is 16.1 Å². The van der Waals surface area contributed by atoms with Crippen molar-refractivity contribution in [3.63, 3.8) is 0 Å². The highest BCUT2D eigenvalue weighted by atomic mass is 31.1. The molecule has 0 spiro atoms. The molecule has 1 aliphatic rings. The molecule has 2 atom stereocenters. The van der Waals surface area contributed by atoms with Gasteiger partial charge in [-0.3, -0.25) is 10.2 Å². The smallest absolute Gasteiger partial charge is 0.0260 e. The fraction of sp³-hybridized carbons (Fsp3) is 1.00. The molecule has 2 unspecified atom stereocenters. The molecule has 0 aliphatic heterocycles. The van der Waals surface area contributed by atoms with E-state index in [1.54, 1.807) is 0 Å². The van der Waals surface area contributed by atoms with Crippen LogP contribution in [0.1, 0.15) is 81.1 Å². The Hall–Kier alpha value is 0.780. The predicted octanol–water partition coefficient (Wildman–Crippen LogP) is 5.90. The van der Waals surface area contributed by atoms with Crippen LogP contribution in [0, 0.1) is 0 Å². The molecule has 0 bridgehead atoms. The number of hydrogen-bond acceptors (Lipinski definition) is 2. The average Bonchev–Trinajstić information content (AvgIpc) is 2.41. The lowest BCUT2D eigenvalue weighted by Crippen LogP contribution is -2.48. The molecule has 1 rings (SSSR count). The maximum Gasteiger partial charge on any atom is 0.0260 e. The van der Waals surface area contributed by atoms with Gasteiger partial charge in [-0.25, -0.2) is 0 Å². The lowest BCUT2D eigenvalue weighted by molar-refractivity contribution is 0.347. The van der Waals surface area contributed by atoms with Gasteiger partial charge in [-0.05, 0) is 51.6 Å². The Morgan fingerprint density at radius 2 is 0.864 bits per heavy atom. The first kappa shape index (κ1) is 20.8. The highest BCUT2D eigenvalue weighted by Crippen LogP contribution is 2.46. The number of rotatable bonds is 8. The van der Waals surface area contributed by atoms with Crippen LogP contribution in [0.5, 0.6) is 0 Å². The van der Waals surface area contributed by atoms with E-state index in [9.17, 15) is 0 Å². The van der Waals surface area contributed by atoms with Crippen LogP contribution in [0.4, 0.5) is 0 Å². The zero-order valence-electron chi connectivity index (χ0n) is 16.2. The van der Waals surface area contributed by atoms with E-state index in [1.807, 2.05) is 0 Å². The van der Waals surface area contributed by atoms with Crippen molar-refractivity contribution >= 4 is 16.1 Å². The van der Waals surface area contributed by atoms with E-state index in [1.165, 1.54) is 25.7 Å². The second-order valence-corrected chi connectivity index (χ2v) is 14.2. The lowest BCUT2D eigenvalue weighted by Gasteiger charge is -2.41. The molecule has 22 heavy (non-hydrogen) atoms. The van der Waals surface area contributed by atoms with Crippen molar-refractivity contribution in [1.82, 2.24) is 10.2 Å². The second-order valence-electron chi connectivity index (χ2n) is 7.95. The molecule has 132 valence electrons. The summed E-state index contributed by atoms with van der Waals surface area (Å²) >= 11 is 0. The summed E-state index contributed by atoms with van der Waals surface area (Å²) in [5, 5.41) is 8.20. The average molecular weight is 346 g/mol. The summed E-state index contributed by atoms with van der Waals surface area (Å²) in [5.41, 5.74) is 3.09. The van der Waals surface area contributed by atoms with Gasteiger partial charge in [0.1, 0.15) is 0 Å². The third-order valence-corrected chi connectivity index (χ3v) is 10.3. The Balaban J connectivity index is 2.74. The van der Waals surface area contributed by atoms with Crippen LogP contribution < -0.4 is 10.2 Å². The van der Waals surface area contributed by atoms with E-state index in [-0.39, 0.29) is 16.1 Å². The molecule has 0 heterocycles. The second kappa shape index (κ2) is 9.93. The molecule has 0 aromatic heterocycles. The van der Waals surface area contributed by atoms with Crippen LogP contribution in [0.3, 0.4) is 0 Å². The van der Waals surface area contributed by atoms with Gasteiger partial charge < -0.3 is 0 Å². The first-order valence-electron chi connectivity index (χ1n) is 9.33. The fourth-order valence-corrected chi connectivity index (χ4v) is 8.57. The lowest BCUT2D eigenvalue weighted by atomic mass is 9.92. The third-order valence-electron chi connectivity index (χ3n) is 4.62. The van der Waals surface area contributed by atoms with Crippen LogP contribution in [0.2, 0.25) is 0 Å². The summed E-state index contributed by atoms with van der Waals surface area (Å²) in [6.45, 7) is 19.1. The summed E-state index contributed by atoms with van der Waals surface area (Å²) in [6, 6.07) is 1.37. The topological polar surface area (TPSA) is 24.1 Å². The standard InChI is InChI=1S/C18H40N2P2/c1-13(2)21(14(3)4)19-17-11-9-10-12-18(17)20-22(15(5)6)16(7)8/h13-20H,9-12H2,1-8H3. The van der Waals surface area contributed by atoms with E-state index in [0.717, 1.165) is 22.6 Å². The predicted molar refractivity (Wildman–Crippen MR) is 107 cm³/mol. The molecule has 0 amide bonds. The first-order valence-corrected chi connectivity index (χ1v) is 12.3.